The van der Waals surface area contributed by atoms with Gasteiger partial charge in [-0.3, -0.25) is 0 Å². The Bertz CT molecular complexity index is 362. The fourth-order valence-corrected chi connectivity index (χ4v) is 3.32. The summed E-state index contributed by atoms with van der Waals surface area (Å²) in [6.45, 7) is 2.02. The molecule has 1 saturated heterocycles. The van der Waals surface area contributed by atoms with E-state index in [0.29, 0.717) is 6.04 Å². The Hall–Kier alpha value is -0.860. The lowest BCUT2D eigenvalue weighted by Gasteiger charge is -2.30. The molecule has 1 saturated carbocycles. The molecule has 17 heavy (non-hydrogen) atoms. The van der Waals surface area contributed by atoms with Crippen LogP contribution in [0.1, 0.15) is 30.7 Å². The average Bonchev–Trinajstić information content (AvgIpc) is 3.20. The Kier molecular flexibility index (Phi) is 3.17. The molecule has 0 radical (unpaired) electrons. The van der Waals surface area contributed by atoms with Crippen LogP contribution >= 0.6 is 0 Å². The molecular formula is C15H22N2. The number of hydrogen-bond acceptors (Lipinski definition) is 2. The smallest absolute Gasteiger partial charge is 0.0104 e. The first-order chi connectivity index (χ1) is 8.38. The van der Waals surface area contributed by atoms with Gasteiger partial charge < -0.3 is 11.1 Å². The minimum atomic E-state index is 0.711. The molecule has 0 bridgehead atoms. The number of nitrogens with two attached hydrogens (primary N) is 1. The van der Waals surface area contributed by atoms with Crippen molar-refractivity contribution in [2.24, 2.45) is 17.6 Å². The Morgan fingerprint density at radius 3 is 2.76 bits per heavy atom. The van der Waals surface area contributed by atoms with E-state index in [1.54, 1.807) is 0 Å². The molecule has 1 aliphatic heterocycles. The van der Waals surface area contributed by atoms with Gasteiger partial charge >= 0.3 is 0 Å². The molecule has 0 aromatic heterocycles. The molecule has 2 unspecified atom stereocenters. The maximum Gasteiger partial charge on any atom is 0.0104 e. The predicted octanol–water partition coefficient (Wildman–Crippen LogP) is 2.12. The van der Waals surface area contributed by atoms with E-state index in [-0.39, 0.29) is 0 Å². The molecule has 0 spiro atoms. The first-order valence-electron chi connectivity index (χ1n) is 6.87. The fourth-order valence-electron chi connectivity index (χ4n) is 3.32. The molecule has 1 aromatic carbocycles. The van der Waals surface area contributed by atoms with Crippen LogP contribution in [0.2, 0.25) is 0 Å². The van der Waals surface area contributed by atoms with Crippen LogP contribution in [-0.4, -0.2) is 19.1 Å². The van der Waals surface area contributed by atoms with Gasteiger partial charge in [-0.1, -0.05) is 30.3 Å². The lowest BCUT2D eigenvalue weighted by molar-refractivity contribution is 0.283. The summed E-state index contributed by atoms with van der Waals surface area (Å²) in [5.41, 5.74) is 7.33. The standard InChI is InChI=1S/C15H22N2/c16-10-11-6-7-17-15(8-11)14-9-13(14)12-4-2-1-3-5-12/h1-5,11,13-15,17H,6-10,16H2/t11?,13-,14-,15?/m0/s1. The highest BCUT2D eigenvalue weighted by molar-refractivity contribution is 5.26. The normalized spacial score (nSPS) is 36.8. The number of nitrogens with one attached hydrogen (secondary N) is 1. The average molecular weight is 230 g/mol. The summed E-state index contributed by atoms with van der Waals surface area (Å²) in [6.07, 6.45) is 3.90. The van der Waals surface area contributed by atoms with Gasteiger partial charge in [-0.25, -0.2) is 0 Å². The Morgan fingerprint density at radius 1 is 1.18 bits per heavy atom. The lowest BCUT2D eigenvalue weighted by atomic mass is 9.89. The van der Waals surface area contributed by atoms with E-state index in [4.69, 9.17) is 5.73 Å². The number of benzene rings is 1. The highest BCUT2D eigenvalue weighted by Gasteiger charge is 2.44. The van der Waals surface area contributed by atoms with E-state index in [1.165, 1.54) is 24.8 Å². The Labute approximate surface area is 104 Å². The van der Waals surface area contributed by atoms with Gasteiger partial charge in [0, 0.05) is 6.04 Å². The van der Waals surface area contributed by atoms with Crippen LogP contribution in [0, 0.1) is 11.8 Å². The number of hydrogen-bond donors (Lipinski definition) is 2. The molecule has 4 atom stereocenters. The summed E-state index contributed by atoms with van der Waals surface area (Å²) < 4.78 is 0. The molecule has 1 heterocycles. The summed E-state index contributed by atoms with van der Waals surface area (Å²) >= 11 is 0. The van der Waals surface area contributed by atoms with Gasteiger partial charge in [0.2, 0.25) is 0 Å². The van der Waals surface area contributed by atoms with Crippen molar-refractivity contribution in [1.29, 1.82) is 0 Å². The van der Waals surface area contributed by atoms with Gasteiger partial charge in [-0.05, 0) is 55.7 Å². The minimum absolute atomic E-state index is 0.711. The number of piperidine rings is 1. The van der Waals surface area contributed by atoms with Gasteiger partial charge in [0.25, 0.3) is 0 Å². The van der Waals surface area contributed by atoms with Crippen molar-refractivity contribution in [1.82, 2.24) is 5.32 Å². The van der Waals surface area contributed by atoms with Crippen LogP contribution in [0.4, 0.5) is 0 Å². The van der Waals surface area contributed by atoms with Crippen LogP contribution in [-0.2, 0) is 0 Å². The maximum atomic E-state index is 5.80. The zero-order chi connectivity index (χ0) is 11.7. The van der Waals surface area contributed by atoms with Crippen molar-refractivity contribution in [3.05, 3.63) is 35.9 Å². The zero-order valence-electron chi connectivity index (χ0n) is 10.3. The van der Waals surface area contributed by atoms with Crippen LogP contribution < -0.4 is 11.1 Å². The maximum absolute atomic E-state index is 5.80. The minimum Gasteiger partial charge on any atom is -0.330 e. The second-order valence-electron chi connectivity index (χ2n) is 5.60. The second-order valence-corrected chi connectivity index (χ2v) is 5.60. The van der Waals surface area contributed by atoms with Gasteiger partial charge in [0.1, 0.15) is 0 Å². The highest BCUT2D eigenvalue weighted by Crippen LogP contribution is 2.51. The molecule has 92 valence electrons. The van der Waals surface area contributed by atoms with Crippen LogP contribution in [0.15, 0.2) is 30.3 Å². The SMILES string of the molecule is NCC1CCNC([C@H]2C[C@H]2c2ccccc2)C1. The van der Waals surface area contributed by atoms with E-state index < -0.39 is 0 Å². The molecule has 3 rings (SSSR count). The molecule has 1 aliphatic carbocycles. The quantitative estimate of drug-likeness (QED) is 0.834. The molecular weight excluding hydrogens is 208 g/mol. The van der Waals surface area contributed by atoms with E-state index in [1.807, 2.05) is 0 Å². The van der Waals surface area contributed by atoms with Crippen LogP contribution in [0.25, 0.3) is 0 Å². The van der Waals surface area contributed by atoms with Crippen molar-refractivity contribution in [3.8, 4) is 0 Å². The summed E-state index contributed by atoms with van der Waals surface area (Å²) in [7, 11) is 0. The van der Waals surface area contributed by atoms with Gasteiger partial charge in [0.05, 0.1) is 0 Å². The third-order valence-electron chi connectivity index (χ3n) is 4.46. The van der Waals surface area contributed by atoms with Crippen molar-refractivity contribution in [3.63, 3.8) is 0 Å². The molecule has 0 amide bonds. The summed E-state index contributed by atoms with van der Waals surface area (Å²) in [4.78, 5) is 0. The first-order valence-corrected chi connectivity index (χ1v) is 6.87. The predicted molar refractivity (Wildman–Crippen MR) is 70.9 cm³/mol. The summed E-state index contributed by atoms with van der Waals surface area (Å²) in [5, 5.41) is 3.69. The third-order valence-corrected chi connectivity index (χ3v) is 4.46. The topological polar surface area (TPSA) is 38.0 Å². The monoisotopic (exact) mass is 230 g/mol. The van der Waals surface area contributed by atoms with E-state index in [0.717, 1.165) is 30.8 Å². The van der Waals surface area contributed by atoms with Crippen LogP contribution in [0.3, 0.4) is 0 Å². The Morgan fingerprint density at radius 2 is 2.00 bits per heavy atom. The number of rotatable bonds is 3. The largest absolute Gasteiger partial charge is 0.330 e. The second kappa shape index (κ2) is 4.79. The van der Waals surface area contributed by atoms with Crippen molar-refractivity contribution < 1.29 is 0 Å². The fraction of sp³-hybridized carbons (Fsp3) is 0.600. The molecule has 2 nitrogen and oxygen atoms in total. The van der Waals surface area contributed by atoms with E-state index >= 15 is 0 Å². The molecule has 2 aliphatic rings. The van der Waals surface area contributed by atoms with E-state index in [9.17, 15) is 0 Å². The Balaban J connectivity index is 1.61. The summed E-state index contributed by atoms with van der Waals surface area (Å²) in [6, 6.07) is 11.7. The molecule has 2 heteroatoms. The zero-order valence-corrected chi connectivity index (χ0v) is 10.3. The molecule has 1 aromatic rings. The molecule has 2 fully saturated rings. The van der Waals surface area contributed by atoms with Crippen molar-refractivity contribution >= 4 is 0 Å². The van der Waals surface area contributed by atoms with Crippen molar-refractivity contribution in [2.45, 2.75) is 31.2 Å². The summed E-state index contributed by atoms with van der Waals surface area (Å²) in [5.74, 6) is 2.40. The van der Waals surface area contributed by atoms with Crippen molar-refractivity contribution in [2.75, 3.05) is 13.1 Å². The van der Waals surface area contributed by atoms with Gasteiger partial charge in [-0.2, -0.15) is 0 Å². The van der Waals surface area contributed by atoms with Gasteiger partial charge in [0.15, 0.2) is 0 Å². The third kappa shape index (κ3) is 2.38. The molecule has 3 N–H and O–H groups in total. The lowest BCUT2D eigenvalue weighted by Crippen LogP contribution is -2.41. The highest BCUT2D eigenvalue weighted by atomic mass is 14.9. The van der Waals surface area contributed by atoms with Gasteiger partial charge in [-0.15, -0.1) is 0 Å². The first kappa shape index (κ1) is 11.2. The van der Waals surface area contributed by atoms with Crippen LogP contribution in [0.5, 0.6) is 0 Å². The van der Waals surface area contributed by atoms with E-state index in [2.05, 4.69) is 35.6 Å².